The molecule has 1 aromatic rings. The van der Waals surface area contributed by atoms with Gasteiger partial charge in [0.1, 0.15) is 5.82 Å². The summed E-state index contributed by atoms with van der Waals surface area (Å²) in [5.74, 6) is -3.65. The molecule has 0 saturated heterocycles. The Balaban J connectivity index is 2.93. The van der Waals surface area contributed by atoms with E-state index < -0.39 is 30.6 Å². The molecule has 0 bridgehead atoms. The number of carboxylic acids is 1. The van der Waals surface area contributed by atoms with Crippen molar-refractivity contribution >= 4 is 5.97 Å². The Morgan fingerprint density at radius 1 is 1.53 bits per heavy atom. The second-order valence-corrected chi connectivity index (χ2v) is 2.94. The van der Waals surface area contributed by atoms with Gasteiger partial charge in [0.25, 0.3) is 0 Å². The highest BCUT2D eigenvalue weighted by molar-refractivity contribution is 5.68. The minimum Gasteiger partial charge on any atom is -0.481 e. The van der Waals surface area contributed by atoms with Gasteiger partial charge in [-0.1, -0.05) is 0 Å². The van der Waals surface area contributed by atoms with Gasteiger partial charge < -0.3 is 5.11 Å². The van der Waals surface area contributed by atoms with Crippen molar-refractivity contribution in [2.24, 2.45) is 0 Å². The van der Waals surface area contributed by atoms with Gasteiger partial charge in [-0.25, -0.2) is 13.2 Å². The Hall–Kier alpha value is -1.59. The van der Waals surface area contributed by atoms with Gasteiger partial charge in [-0.2, -0.15) is 0 Å². The highest BCUT2D eigenvalue weighted by Crippen LogP contribution is 2.25. The van der Waals surface area contributed by atoms with E-state index in [2.05, 4.69) is 4.98 Å². The quantitative estimate of drug-likeness (QED) is 0.842. The lowest BCUT2D eigenvalue weighted by molar-refractivity contribution is -0.138. The maximum atomic E-state index is 12.7. The van der Waals surface area contributed by atoms with Crippen molar-refractivity contribution in [1.29, 1.82) is 0 Å². The standard InChI is InChI=1S/C9H8F3NO2/c10-5-1-2-13-7(3-5)6(9(11)12)4-8(14)15/h1-3,6,9H,4H2,(H,14,15). The van der Waals surface area contributed by atoms with E-state index in [-0.39, 0.29) is 5.69 Å². The summed E-state index contributed by atoms with van der Waals surface area (Å²) in [6, 6.07) is 1.83. The number of aliphatic carboxylic acids is 1. The maximum absolute atomic E-state index is 12.7. The third-order valence-corrected chi connectivity index (χ3v) is 1.82. The fourth-order valence-corrected chi connectivity index (χ4v) is 1.13. The minimum absolute atomic E-state index is 0.243. The number of alkyl halides is 2. The summed E-state index contributed by atoms with van der Waals surface area (Å²) in [4.78, 5) is 13.8. The summed E-state index contributed by atoms with van der Waals surface area (Å²) in [6.07, 6.45) is -2.62. The van der Waals surface area contributed by atoms with Crippen LogP contribution in [0.25, 0.3) is 0 Å². The molecule has 0 aliphatic rings. The SMILES string of the molecule is O=C(O)CC(c1cc(F)ccn1)C(F)F. The molecule has 0 radical (unpaired) electrons. The lowest BCUT2D eigenvalue weighted by atomic mass is 10.0. The van der Waals surface area contributed by atoms with E-state index in [1.807, 2.05) is 0 Å². The van der Waals surface area contributed by atoms with Gasteiger partial charge in [-0.3, -0.25) is 9.78 Å². The molecule has 0 aliphatic carbocycles. The summed E-state index contributed by atoms with van der Waals surface area (Å²) >= 11 is 0. The van der Waals surface area contributed by atoms with Crippen LogP contribution in [0, 0.1) is 5.82 Å². The molecule has 82 valence electrons. The van der Waals surface area contributed by atoms with Gasteiger partial charge in [0.2, 0.25) is 6.43 Å². The number of aromatic nitrogens is 1. The molecular formula is C9H8F3NO2. The number of hydrogen-bond acceptors (Lipinski definition) is 2. The predicted molar refractivity (Wildman–Crippen MR) is 45.2 cm³/mol. The Kier molecular flexibility index (Phi) is 3.65. The first-order valence-corrected chi connectivity index (χ1v) is 4.12. The van der Waals surface area contributed by atoms with Crippen molar-refractivity contribution in [1.82, 2.24) is 4.98 Å². The van der Waals surface area contributed by atoms with Crippen molar-refractivity contribution in [3.8, 4) is 0 Å². The van der Waals surface area contributed by atoms with E-state index in [9.17, 15) is 18.0 Å². The second-order valence-electron chi connectivity index (χ2n) is 2.94. The first-order valence-electron chi connectivity index (χ1n) is 4.12. The van der Waals surface area contributed by atoms with Crippen LogP contribution in [-0.2, 0) is 4.79 Å². The minimum atomic E-state index is -2.88. The summed E-state index contributed by atoms with van der Waals surface area (Å²) in [5, 5.41) is 8.41. The number of carboxylic acid groups (broad SMARTS) is 1. The molecule has 1 atom stereocenters. The first-order chi connectivity index (χ1) is 7.00. The Morgan fingerprint density at radius 3 is 2.67 bits per heavy atom. The lowest BCUT2D eigenvalue weighted by Gasteiger charge is -2.12. The average molecular weight is 219 g/mol. The largest absolute Gasteiger partial charge is 0.481 e. The van der Waals surface area contributed by atoms with E-state index in [1.54, 1.807) is 0 Å². The molecule has 1 aromatic heterocycles. The molecular weight excluding hydrogens is 211 g/mol. The fourth-order valence-electron chi connectivity index (χ4n) is 1.13. The van der Waals surface area contributed by atoms with E-state index in [4.69, 9.17) is 5.11 Å². The molecule has 3 nitrogen and oxygen atoms in total. The van der Waals surface area contributed by atoms with Crippen LogP contribution < -0.4 is 0 Å². The molecule has 6 heteroatoms. The van der Waals surface area contributed by atoms with Crippen molar-refractivity contribution in [2.45, 2.75) is 18.8 Å². The van der Waals surface area contributed by atoms with Crippen molar-refractivity contribution < 1.29 is 23.1 Å². The van der Waals surface area contributed by atoms with Gasteiger partial charge in [0, 0.05) is 6.20 Å². The van der Waals surface area contributed by atoms with Crippen LogP contribution in [0.3, 0.4) is 0 Å². The third kappa shape index (κ3) is 3.23. The van der Waals surface area contributed by atoms with E-state index in [0.29, 0.717) is 0 Å². The summed E-state index contributed by atoms with van der Waals surface area (Å²) in [6.45, 7) is 0. The number of nitrogens with zero attached hydrogens (tertiary/aromatic N) is 1. The number of carbonyl (C=O) groups is 1. The Labute approximate surface area is 83.6 Å². The third-order valence-electron chi connectivity index (χ3n) is 1.82. The van der Waals surface area contributed by atoms with Gasteiger partial charge in [0.15, 0.2) is 0 Å². The summed E-state index contributed by atoms with van der Waals surface area (Å²) in [5.41, 5.74) is -0.243. The lowest BCUT2D eigenvalue weighted by Crippen LogP contribution is -2.15. The normalized spacial score (nSPS) is 12.8. The van der Waals surface area contributed by atoms with Crippen molar-refractivity contribution in [3.63, 3.8) is 0 Å². The summed E-state index contributed by atoms with van der Waals surface area (Å²) in [7, 11) is 0. The van der Waals surface area contributed by atoms with Gasteiger partial charge in [-0.15, -0.1) is 0 Å². The Bertz CT molecular complexity index is 357. The van der Waals surface area contributed by atoms with Crippen LogP contribution in [-0.4, -0.2) is 22.5 Å². The molecule has 0 saturated carbocycles. The zero-order valence-corrected chi connectivity index (χ0v) is 7.53. The zero-order chi connectivity index (χ0) is 11.4. The van der Waals surface area contributed by atoms with Crippen LogP contribution in [0.4, 0.5) is 13.2 Å². The molecule has 0 aliphatic heterocycles. The predicted octanol–water partition coefficient (Wildman–Crippen LogP) is 2.04. The molecule has 0 spiro atoms. The smallest absolute Gasteiger partial charge is 0.304 e. The van der Waals surface area contributed by atoms with Crippen LogP contribution in [0.15, 0.2) is 18.3 Å². The molecule has 15 heavy (non-hydrogen) atoms. The van der Waals surface area contributed by atoms with E-state index in [0.717, 1.165) is 18.3 Å². The highest BCUT2D eigenvalue weighted by Gasteiger charge is 2.26. The van der Waals surface area contributed by atoms with Gasteiger partial charge >= 0.3 is 5.97 Å². The molecule has 1 N–H and O–H groups in total. The van der Waals surface area contributed by atoms with Crippen molar-refractivity contribution in [2.75, 3.05) is 0 Å². The van der Waals surface area contributed by atoms with E-state index >= 15 is 0 Å². The zero-order valence-electron chi connectivity index (χ0n) is 7.53. The van der Waals surface area contributed by atoms with Crippen LogP contribution in [0.1, 0.15) is 18.0 Å². The molecule has 1 unspecified atom stereocenters. The molecule has 0 aromatic carbocycles. The van der Waals surface area contributed by atoms with E-state index in [1.165, 1.54) is 0 Å². The molecule has 1 heterocycles. The van der Waals surface area contributed by atoms with Gasteiger partial charge in [0.05, 0.1) is 18.0 Å². The average Bonchev–Trinajstić information content (AvgIpc) is 2.13. The van der Waals surface area contributed by atoms with Gasteiger partial charge in [-0.05, 0) is 12.1 Å². The summed E-state index contributed by atoms with van der Waals surface area (Å²) < 4.78 is 37.6. The fraction of sp³-hybridized carbons (Fsp3) is 0.333. The number of halogens is 3. The monoisotopic (exact) mass is 219 g/mol. The maximum Gasteiger partial charge on any atom is 0.304 e. The topological polar surface area (TPSA) is 50.2 Å². The first kappa shape index (κ1) is 11.5. The molecule has 1 rings (SSSR count). The van der Waals surface area contributed by atoms with Crippen LogP contribution >= 0.6 is 0 Å². The number of hydrogen-bond donors (Lipinski definition) is 1. The van der Waals surface area contributed by atoms with Crippen LogP contribution in [0.2, 0.25) is 0 Å². The van der Waals surface area contributed by atoms with Crippen molar-refractivity contribution in [3.05, 3.63) is 29.8 Å². The number of rotatable bonds is 4. The number of pyridine rings is 1. The van der Waals surface area contributed by atoms with Crippen LogP contribution in [0.5, 0.6) is 0 Å². The Morgan fingerprint density at radius 2 is 2.20 bits per heavy atom. The highest BCUT2D eigenvalue weighted by atomic mass is 19.3. The molecule has 0 amide bonds. The second kappa shape index (κ2) is 4.77. The molecule has 0 fully saturated rings.